The van der Waals surface area contributed by atoms with E-state index in [0.29, 0.717) is 11.7 Å². The van der Waals surface area contributed by atoms with E-state index in [1.54, 1.807) is 0 Å². The molecule has 1 aliphatic carbocycles. The molecule has 20 heavy (non-hydrogen) atoms. The number of hydrogen-bond acceptors (Lipinski definition) is 2. The van der Waals surface area contributed by atoms with E-state index in [4.69, 9.17) is 0 Å². The molecule has 2 atom stereocenters. The van der Waals surface area contributed by atoms with Gasteiger partial charge >= 0.3 is 0 Å². The van der Waals surface area contributed by atoms with Crippen LogP contribution in [-0.4, -0.2) is 31.3 Å². The summed E-state index contributed by atoms with van der Waals surface area (Å²) < 4.78 is 0. The van der Waals surface area contributed by atoms with Gasteiger partial charge in [-0.25, -0.2) is 0 Å². The van der Waals surface area contributed by atoms with E-state index in [1.807, 2.05) is 0 Å². The summed E-state index contributed by atoms with van der Waals surface area (Å²) in [6, 6.07) is 0. The highest BCUT2D eigenvalue weighted by Gasteiger charge is 2.37. The molecule has 0 fully saturated rings. The summed E-state index contributed by atoms with van der Waals surface area (Å²) >= 11 is 0. The van der Waals surface area contributed by atoms with Crippen molar-refractivity contribution in [3.05, 3.63) is 11.6 Å². The van der Waals surface area contributed by atoms with E-state index < -0.39 is 0 Å². The average Bonchev–Trinajstić information content (AvgIpc) is 2.26. The second-order valence-electron chi connectivity index (χ2n) is 7.63. The number of carbonyl (C=O) groups is 1. The molecule has 2 heteroatoms. The van der Waals surface area contributed by atoms with Crippen LogP contribution in [0, 0.1) is 17.3 Å². The van der Waals surface area contributed by atoms with Crippen molar-refractivity contribution in [1.29, 1.82) is 0 Å². The molecular weight excluding hydrogens is 246 g/mol. The monoisotopic (exact) mass is 279 g/mol. The van der Waals surface area contributed by atoms with E-state index in [-0.39, 0.29) is 11.3 Å². The first-order valence-electron chi connectivity index (χ1n) is 8.08. The lowest BCUT2D eigenvalue weighted by Crippen LogP contribution is -2.35. The molecule has 0 radical (unpaired) electrons. The summed E-state index contributed by atoms with van der Waals surface area (Å²) in [6.07, 6.45) is 7.61. The van der Waals surface area contributed by atoms with Crippen LogP contribution in [-0.2, 0) is 4.79 Å². The number of hydrogen-bond donors (Lipinski definition) is 0. The van der Waals surface area contributed by atoms with Crippen LogP contribution in [0.3, 0.4) is 0 Å². The summed E-state index contributed by atoms with van der Waals surface area (Å²) in [5, 5.41) is 0. The topological polar surface area (TPSA) is 20.3 Å². The summed E-state index contributed by atoms with van der Waals surface area (Å²) in [5.41, 5.74) is 1.44. The molecule has 1 rings (SSSR count). The van der Waals surface area contributed by atoms with Gasteiger partial charge in [-0.1, -0.05) is 32.4 Å². The number of carbonyl (C=O) groups excluding carboxylic acids is 1. The Labute approximate surface area is 125 Å². The molecule has 0 spiro atoms. The van der Waals surface area contributed by atoms with Crippen LogP contribution in [0.5, 0.6) is 0 Å². The Morgan fingerprint density at radius 1 is 1.45 bits per heavy atom. The van der Waals surface area contributed by atoms with Crippen LogP contribution in [0.25, 0.3) is 0 Å². The molecule has 0 amide bonds. The fraction of sp³-hybridized carbons (Fsp3) is 0.833. The Morgan fingerprint density at radius 3 is 2.65 bits per heavy atom. The van der Waals surface area contributed by atoms with Gasteiger partial charge in [0, 0.05) is 12.3 Å². The van der Waals surface area contributed by atoms with E-state index >= 15 is 0 Å². The third-order valence-electron chi connectivity index (χ3n) is 4.67. The molecule has 0 saturated carbocycles. The van der Waals surface area contributed by atoms with Crippen LogP contribution in [0.2, 0.25) is 0 Å². The van der Waals surface area contributed by atoms with Gasteiger partial charge in [0.05, 0.1) is 0 Å². The van der Waals surface area contributed by atoms with Crippen LogP contribution in [0.1, 0.15) is 59.8 Å². The van der Waals surface area contributed by atoms with Crippen molar-refractivity contribution in [2.45, 2.75) is 59.8 Å². The lowest BCUT2D eigenvalue weighted by atomic mass is 9.66. The second-order valence-corrected chi connectivity index (χ2v) is 7.63. The SMILES string of the molecule is CC1=CCCC(C)(C)C1C(=O)CC(C)CCCN(C)C. The first-order chi connectivity index (χ1) is 9.24. The maximum absolute atomic E-state index is 12.7. The van der Waals surface area contributed by atoms with Crippen molar-refractivity contribution >= 4 is 5.78 Å². The van der Waals surface area contributed by atoms with E-state index in [2.05, 4.69) is 52.8 Å². The summed E-state index contributed by atoms with van der Waals surface area (Å²) in [6.45, 7) is 9.99. The maximum atomic E-state index is 12.7. The normalized spacial score (nSPS) is 23.6. The number of ketones is 1. The first kappa shape index (κ1) is 17.4. The highest BCUT2D eigenvalue weighted by atomic mass is 16.1. The van der Waals surface area contributed by atoms with E-state index in [0.717, 1.165) is 32.2 Å². The standard InChI is InChI=1S/C18H33NO/c1-14(9-8-12-19(5)6)13-16(20)17-15(2)10-7-11-18(17,3)4/h10,14,17H,7-9,11-13H2,1-6H3. The van der Waals surface area contributed by atoms with Crippen LogP contribution < -0.4 is 0 Å². The maximum Gasteiger partial charge on any atom is 0.140 e. The Morgan fingerprint density at radius 2 is 2.10 bits per heavy atom. The minimum absolute atomic E-state index is 0.138. The summed E-state index contributed by atoms with van der Waals surface area (Å²) in [4.78, 5) is 14.9. The van der Waals surface area contributed by atoms with Crippen molar-refractivity contribution < 1.29 is 4.79 Å². The highest BCUT2D eigenvalue weighted by molar-refractivity contribution is 5.84. The van der Waals surface area contributed by atoms with Crippen molar-refractivity contribution in [3.63, 3.8) is 0 Å². The van der Waals surface area contributed by atoms with Crippen LogP contribution in [0.15, 0.2) is 11.6 Å². The van der Waals surface area contributed by atoms with Gasteiger partial charge in [0.25, 0.3) is 0 Å². The Bertz CT molecular complexity index is 354. The molecular formula is C18H33NO. The molecule has 0 aromatic carbocycles. The molecule has 2 nitrogen and oxygen atoms in total. The molecule has 0 aromatic rings. The number of Topliss-reactive ketones (excluding diaryl/α,β-unsaturated/α-hetero) is 1. The number of allylic oxidation sites excluding steroid dienone is 2. The zero-order valence-corrected chi connectivity index (χ0v) is 14.3. The fourth-order valence-electron chi connectivity index (χ4n) is 3.56. The van der Waals surface area contributed by atoms with Gasteiger partial charge in [0.1, 0.15) is 5.78 Å². The molecule has 0 saturated heterocycles. The van der Waals surface area contributed by atoms with Gasteiger partial charge < -0.3 is 4.90 Å². The number of rotatable bonds is 7. The first-order valence-corrected chi connectivity index (χ1v) is 8.08. The van der Waals surface area contributed by atoms with Crippen molar-refractivity contribution in [1.82, 2.24) is 4.90 Å². The molecule has 0 N–H and O–H groups in total. The van der Waals surface area contributed by atoms with Gasteiger partial charge in [-0.05, 0) is 64.6 Å². The molecule has 2 unspecified atom stereocenters. The van der Waals surface area contributed by atoms with Crippen molar-refractivity contribution in [3.8, 4) is 0 Å². The Hall–Kier alpha value is -0.630. The second kappa shape index (κ2) is 7.40. The van der Waals surface area contributed by atoms with Gasteiger partial charge in [-0.3, -0.25) is 4.79 Å². The molecule has 0 aromatic heterocycles. The third-order valence-corrected chi connectivity index (χ3v) is 4.67. The van der Waals surface area contributed by atoms with E-state index in [1.165, 1.54) is 12.0 Å². The van der Waals surface area contributed by atoms with Crippen LogP contribution >= 0.6 is 0 Å². The van der Waals surface area contributed by atoms with Crippen LogP contribution in [0.4, 0.5) is 0 Å². The molecule has 116 valence electrons. The molecule has 0 aliphatic heterocycles. The predicted molar refractivity (Wildman–Crippen MR) is 86.8 cm³/mol. The van der Waals surface area contributed by atoms with Crippen molar-refractivity contribution in [2.24, 2.45) is 17.3 Å². The molecule has 0 bridgehead atoms. The van der Waals surface area contributed by atoms with Crippen molar-refractivity contribution in [2.75, 3.05) is 20.6 Å². The van der Waals surface area contributed by atoms with E-state index in [9.17, 15) is 4.79 Å². The molecule has 0 heterocycles. The number of nitrogens with zero attached hydrogens (tertiary/aromatic N) is 1. The smallest absolute Gasteiger partial charge is 0.140 e. The zero-order valence-electron chi connectivity index (χ0n) is 14.3. The average molecular weight is 279 g/mol. The largest absolute Gasteiger partial charge is 0.309 e. The minimum atomic E-state index is 0.138. The summed E-state index contributed by atoms with van der Waals surface area (Å²) in [7, 11) is 4.21. The lowest BCUT2D eigenvalue weighted by molar-refractivity contribution is -0.126. The van der Waals surface area contributed by atoms with Gasteiger partial charge in [0.2, 0.25) is 0 Å². The third kappa shape index (κ3) is 5.05. The quantitative estimate of drug-likeness (QED) is 0.647. The minimum Gasteiger partial charge on any atom is -0.309 e. The summed E-state index contributed by atoms with van der Waals surface area (Å²) in [5.74, 6) is 1.11. The fourth-order valence-corrected chi connectivity index (χ4v) is 3.56. The van der Waals surface area contributed by atoms with Gasteiger partial charge in [0.15, 0.2) is 0 Å². The zero-order chi connectivity index (χ0) is 15.3. The Kier molecular flexibility index (Phi) is 6.44. The predicted octanol–water partition coefficient (Wildman–Crippen LogP) is 4.31. The lowest BCUT2D eigenvalue weighted by Gasteiger charge is -2.37. The highest BCUT2D eigenvalue weighted by Crippen LogP contribution is 2.42. The van der Waals surface area contributed by atoms with Gasteiger partial charge in [-0.15, -0.1) is 0 Å². The molecule has 1 aliphatic rings. The Balaban J connectivity index is 2.52. The van der Waals surface area contributed by atoms with Gasteiger partial charge in [-0.2, -0.15) is 0 Å².